The number of carbonyl (C=O) groups excluding carboxylic acids is 2. The summed E-state index contributed by atoms with van der Waals surface area (Å²) in [5.74, 6) is -0.492. The number of hydrogen-bond donors (Lipinski definition) is 2. The molecule has 0 atom stereocenters. The molecule has 162 valence electrons. The average molecular weight is 467 g/mol. The summed E-state index contributed by atoms with van der Waals surface area (Å²) < 4.78 is 13.5. The lowest BCUT2D eigenvalue weighted by Crippen LogP contribution is -2.24. The lowest BCUT2D eigenvalue weighted by molar-refractivity contribution is -0.118. The quantitative estimate of drug-likeness (QED) is 0.297. The van der Waals surface area contributed by atoms with E-state index in [4.69, 9.17) is 0 Å². The Hall–Kier alpha value is -3.30. The van der Waals surface area contributed by atoms with Gasteiger partial charge in [0.1, 0.15) is 5.82 Å². The van der Waals surface area contributed by atoms with Gasteiger partial charge in [-0.05, 0) is 34.0 Å². The van der Waals surface area contributed by atoms with Crippen molar-refractivity contribution in [2.45, 2.75) is 17.3 Å². The summed E-state index contributed by atoms with van der Waals surface area (Å²) in [6.07, 6.45) is 0.231. The fourth-order valence-corrected chi connectivity index (χ4v) is 4.68. The number of anilines is 1. The Bertz CT molecular complexity index is 1240. The lowest BCUT2D eigenvalue weighted by atomic mass is 10.0. The number of rotatable bonds is 8. The number of fused-ring (bicyclic) bond motifs is 1. The molecule has 4 rings (SSSR count). The second-order valence-electron chi connectivity index (χ2n) is 6.93. The second-order valence-corrected chi connectivity index (χ2v) is 9.13. The average Bonchev–Trinajstić information content (AvgIpc) is 3.24. The molecule has 2 amide bonds. The zero-order valence-corrected chi connectivity index (χ0v) is 18.5. The van der Waals surface area contributed by atoms with Crippen molar-refractivity contribution in [1.29, 1.82) is 0 Å². The number of halogens is 1. The van der Waals surface area contributed by atoms with Crippen LogP contribution in [0.1, 0.15) is 11.1 Å². The molecule has 32 heavy (non-hydrogen) atoms. The van der Waals surface area contributed by atoms with E-state index in [1.54, 1.807) is 12.1 Å². The summed E-state index contributed by atoms with van der Waals surface area (Å²) in [5.41, 5.74) is 1.76. The van der Waals surface area contributed by atoms with Gasteiger partial charge in [-0.1, -0.05) is 77.7 Å². The van der Waals surface area contributed by atoms with Crippen LogP contribution in [0.15, 0.2) is 71.1 Å². The van der Waals surface area contributed by atoms with Crippen LogP contribution < -0.4 is 10.6 Å². The van der Waals surface area contributed by atoms with Crippen molar-refractivity contribution in [3.63, 3.8) is 0 Å². The molecule has 0 radical (unpaired) electrons. The van der Waals surface area contributed by atoms with Gasteiger partial charge in [-0.25, -0.2) is 4.39 Å². The summed E-state index contributed by atoms with van der Waals surface area (Å²) in [5, 5.41) is 16.1. The van der Waals surface area contributed by atoms with Crippen LogP contribution in [0.3, 0.4) is 0 Å². The number of aromatic nitrogens is 2. The van der Waals surface area contributed by atoms with Crippen molar-refractivity contribution in [2.75, 3.05) is 11.1 Å². The summed E-state index contributed by atoms with van der Waals surface area (Å²) >= 11 is 2.46. The summed E-state index contributed by atoms with van der Waals surface area (Å²) in [6, 6.07) is 19.8. The fourth-order valence-electron chi connectivity index (χ4n) is 3.08. The molecule has 4 aromatic rings. The number of nitrogens with zero attached hydrogens (tertiary/aromatic N) is 2. The van der Waals surface area contributed by atoms with Crippen LogP contribution >= 0.6 is 23.1 Å². The Morgan fingerprint density at radius 3 is 2.56 bits per heavy atom. The van der Waals surface area contributed by atoms with Gasteiger partial charge in [-0.15, -0.1) is 10.2 Å². The van der Waals surface area contributed by atoms with E-state index in [1.165, 1.54) is 35.2 Å². The third kappa shape index (κ3) is 5.89. The minimum absolute atomic E-state index is 0.166. The van der Waals surface area contributed by atoms with E-state index in [0.717, 1.165) is 21.9 Å². The maximum absolute atomic E-state index is 12.9. The minimum atomic E-state index is -0.313. The molecule has 0 aliphatic rings. The number of benzene rings is 3. The standard InChI is InChI=1S/C23H19FN4O2S2/c24-18-10-8-15(9-11-18)13-25-21(30)14-31-23-28-27-22(32-23)26-20(29)12-17-6-3-5-16-4-1-2-7-19(16)17/h1-11H,12-14H2,(H,25,30)(H,26,27,29). The van der Waals surface area contributed by atoms with Gasteiger partial charge < -0.3 is 10.6 Å². The lowest BCUT2D eigenvalue weighted by Gasteiger charge is -2.06. The Balaban J connectivity index is 1.25. The van der Waals surface area contributed by atoms with Gasteiger partial charge in [-0.3, -0.25) is 9.59 Å². The largest absolute Gasteiger partial charge is 0.351 e. The third-order valence-electron chi connectivity index (χ3n) is 4.61. The molecule has 6 nitrogen and oxygen atoms in total. The molecule has 0 aliphatic carbocycles. The van der Waals surface area contributed by atoms with Crippen LogP contribution in [0.25, 0.3) is 10.8 Å². The molecule has 2 N–H and O–H groups in total. The Labute approximate surface area is 192 Å². The molecule has 9 heteroatoms. The zero-order valence-electron chi connectivity index (χ0n) is 16.9. The molecule has 3 aromatic carbocycles. The molecule has 1 heterocycles. The molecular formula is C23H19FN4O2S2. The van der Waals surface area contributed by atoms with E-state index >= 15 is 0 Å². The molecule has 0 saturated carbocycles. The topological polar surface area (TPSA) is 84.0 Å². The summed E-state index contributed by atoms with van der Waals surface area (Å²) in [4.78, 5) is 24.5. The molecule has 0 unspecified atom stereocenters. The van der Waals surface area contributed by atoms with Crippen molar-refractivity contribution in [3.05, 3.63) is 83.7 Å². The normalized spacial score (nSPS) is 10.8. The van der Waals surface area contributed by atoms with Crippen LogP contribution in [-0.4, -0.2) is 27.8 Å². The van der Waals surface area contributed by atoms with Crippen LogP contribution in [0, 0.1) is 5.82 Å². The molecule has 0 bridgehead atoms. The van der Waals surface area contributed by atoms with E-state index in [0.29, 0.717) is 16.0 Å². The number of amides is 2. The molecule has 0 aliphatic heterocycles. The maximum Gasteiger partial charge on any atom is 0.230 e. The molecular weight excluding hydrogens is 447 g/mol. The smallest absolute Gasteiger partial charge is 0.230 e. The van der Waals surface area contributed by atoms with Crippen LogP contribution in [0.2, 0.25) is 0 Å². The van der Waals surface area contributed by atoms with Gasteiger partial charge in [0.25, 0.3) is 0 Å². The number of nitrogens with one attached hydrogen (secondary N) is 2. The fraction of sp³-hybridized carbons (Fsp3) is 0.130. The third-order valence-corrected chi connectivity index (χ3v) is 6.59. The van der Waals surface area contributed by atoms with E-state index in [-0.39, 0.29) is 29.8 Å². The first kappa shape index (κ1) is 21.9. The number of thioether (sulfide) groups is 1. The van der Waals surface area contributed by atoms with Crippen LogP contribution in [0.5, 0.6) is 0 Å². The number of carbonyl (C=O) groups is 2. The Morgan fingerprint density at radius 1 is 0.938 bits per heavy atom. The first-order valence-corrected chi connectivity index (χ1v) is 11.6. The highest BCUT2D eigenvalue weighted by molar-refractivity contribution is 8.01. The molecule has 0 fully saturated rings. The highest BCUT2D eigenvalue weighted by atomic mass is 32.2. The predicted octanol–water partition coefficient (Wildman–Crippen LogP) is 4.42. The molecule has 1 aromatic heterocycles. The summed E-state index contributed by atoms with van der Waals surface area (Å²) in [6.45, 7) is 0.325. The van der Waals surface area contributed by atoms with Crippen molar-refractivity contribution in [3.8, 4) is 0 Å². The Morgan fingerprint density at radius 2 is 1.72 bits per heavy atom. The van der Waals surface area contributed by atoms with Gasteiger partial charge >= 0.3 is 0 Å². The van der Waals surface area contributed by atoms with E-state index in [2.05, 4.69) is 20.8 Å². The van der Waals surface area contributed by atoms with E-state index in [9.17, 15) is 14.0 Å². The van der Waals surface area contributed by atoms with Gasteiger partial charge in [0, 0.05) is 6.54 Å². The molecule has 0 saturated heterocycles. The van der Waals surface area contributed by atoms with Crippen molar-refractivity contribution in [2.24, 2.45) is 0 Å². The minimum Gasteiger partial charge on any atom is -0.351 e. The van der Waals surface area contributed by atoms with E-state index < -0.39 is 0 Å². The van der Waals surface area contributed by atoms with Crippen molar-refractivity contribution in [1.82, 2.24) is 15.5 Å². The second kappa shape index (κ2) is 10.3. The Kier molecular flexibility index (Phi) is 7.08. The highest BCUT2D eigenvalue weighted by Gasteiger charge is 2.12. The molecule has 0 spiro atoms. The predicted molar refractivity (Wildman–Crippen MR) is 125 cm³/mol. The maximum atomic E-state index is 12.9. The SMILES string of the molecule is O=C(CSc1nnc(NC(=O)Cc2cccc3ccccc23)s1)NCc1ccc(F)cc1. The van der Waals surface area contributed by atoms with Crippen molar-refractivity contribution >= 4 is 50.8 Å². The monoisotopic (exact) mass is 466 g/mol. The van der Waals surface area contributed by atoms with Gasteiger partial charge in [-0.2, -0.15) is 0 Å². The first-order chi connectivity index (χ1) is 15.6. The van der Waals surface area contributed by atoms with Gasteiger partial charge in [0.05, 0.1) is 12.2 Å². The highest BCUT2D eigenvalue weighted by Crippen LogP contribution is 2.26. The first-order valence-electron chi connectivity index (χ1n) is 9.81. The van der Waals surface area contributed by atoms with E-state index in [1.807, 2.05) is 42.5 Å². The van der Waals surface area contributed by atoms with Gasteiger partial charge in [0.15, 0.2) is 4.34 Å². The van der Waals surface area contributed by atoms with Crippen molar-refractivity contribution < 1.29 is 14.0 Å². The van der Waals surface area contributed by atoms with Gasteiger partial charge in [0.2, 0.25) is 16.9 Å². The summed E-state index contributed by atoms with van der Waals surface area (Å²) in [7, 11) is 0. The zero-order chi connectivity index (χ0) is 22.3. The number of hydrogen-bond acceptors (Lipinski definition) is 6. The van der Waals surface area contributed by atoms with Crippen LogP contribution in [0.4, 0.5) is 9.52 Å². The van der Waals surface area contributed by atoms with Crippen LogP contribution in [-0.2, 0) is 22.6 Å².